The molecule has 222 valence electrons. The van der Waals surface area contributed by atoms with Crippen LogP contribution in [0.2, 0.25) is 0 Å². The number of aryl methyl sites for hydroxylation is 2. The van der Waals surface area contributed by atoms with Gasteiger partial charge in [-0.1, -0.05) is 37.3 Å². The number of hydrogen-bond donors (Lipinski definition) is 2. The lowest BCUT2D eigenvalue weighted by Gasteiger charge is -2.25. The molecule has 10 nitrogen and oxygen atoms in total. The Hall–Kier alpha value is -3.39. The van der Waals surface area contributed by atoms with Crippen LogP contribution in [0.15, 0.2) is 48.5 Å². The van der Waals surface area contributed by atoms with Gasteiger partial charge in [-0.25, -0.2) is 14.1 Å². The summed E-state index contributed by atoms with van der Waals surface area (Å²) in [6, 6.07) is 13.6. The summed E-state index contributed by atoms with van der Waals surface area (Å²) in [5, 5.41) is 11.3. The molecule has 0 aliphatic heterocycles. The van der Waals surface area contributed by atoms with E-state index in [0.717, 1.165) is 33.7 Å². The molecule has 1 aromatic heterocycles. The van der Waals surface area contributed by atoms with Crippen molar-refractivity contribution in [2.75, 3.05) is 27.2 Å². The molecule has 1 atom stereocenters. The van der Waals surface area contributed by atoms with E-state index in [1.807, 2.05) is 42.0 Å². The van der Waals surface area contributed by atoms with Gasteiger partial charge in [0, 0.05) is 37.1 Å². The van der Waals surface area contributed by atoms with E-state index in [2.05, 4.69) is 4.98 Å². The Labute approximate surface area is 244 Å². The Morgan fingerprint density at radius 2 is 1.88 bits per heavy atom. The first-order valence-electron chi connectivity index (χ1n) is 13.1. The summed E-state index contributed by atoms with van der Waals surface area (Å²) in [4.78, 5) is 32.2. The Morgan fingerprint density at radius 3 is 2.51 bits per heavy atom. The molecule has 2 N–H and O–H groups in total. The third-order valence-corrected chi connectivity index (χ3v) is 8.47. The zero-order valence-corrected chi connectivity index (χ0v) is 25.1. The number of carbonyl (C=O) groups excluding carboxylic acids is 2. The maximum atomic E-state index is 14.9. The molecule has 0 spiro atoms. The number of halogens is 1. The van der Waals surface area contributed by atoms with Crippen LogP contribution in [0.3, 0.4) is 0 Å². The molecule has 2 amide bonds. The second-order valence-corrected chi connectivity index (χ2v) is 12.7. The number of aromatic nitrogens is 1. The zero-order valence-electron chi connectivity index (χ0n) is 23.5. The molecular formula is C28H35FN4O6S2. The van der Waals surface area contributed by atoms with Gasteiger partial charge in [-0.2, -0.15) is 12.7 Å². The lowest BCUT2D eigenvalue weighted by Crippen LogP contribution is -2.39. The van der Waals surface area contributed by atoms with Crippen LogP contribution in [-0.2, 0) is 28.0 Å². The van der Waals surface area contributed by atoms with Gasteiger partial charge in [0.15, 0.2) is 6.10 Å². The van der Waals surface area contributed by atoms with E-state index in [1.165, 1.54) is 31.1 Å². The normalized spacial score (nSPS) is 12.3. The van der Waals surface area contributed by atoms with Crippen LogP contribution >= 0.6 is 11.3 Å². The van der Waals surface area contributed by atoms with Gasteiger partial charge in [-0.05, 0) is 43.9 Å². The third-order valence-electron chi connectivity index (χ3n) is 6.11. The van der Waals surface area contributed by atoms with E-state index >= 15 is 0 Å². The highest BCUT2D eigenvalue weighted by Gasteiger charge is 2.28. The van der Waals surface area contributed by atoms with E-state index in [1.54, 1.807) is 6.92 Å². The number of benzene rings is 2. The van der Waals surface area contributed by atoms with Gasteiger partial charge in [-0.3, -0.25) is 9.59 Å². The Kier molecular flexibility index (Phi) is 11.4. The van der Waals surface area contributed by atoms with Gasteiger partial charge in [-0.15, -0.1) is 11.3 Å². The van der Waals surface area contributed by atoms with Crippen molar-refractivity contribution in [2.24, 2.45) is 0 Å². The number of hydrogen-bond acceptors (Lipinski definition) is 8. The number of rotatable bonds is 14. The minimum Gasteiger partial charge on any atom is -0.494 e. The molecule has 0 aliphatic carbocycles. The van der Waals surface area contributed by atoms with E-state index < -0.39 is 33.9 Å². The minimum absolute atomic E-state index is 0.0663. The van der Waals surface area contributed by atoms with Crippen molar-refractivity contribution >= 4 is 33.4 Å². The fraction of sp³-hybridized carbons (Fsp3) is 0.393. The second-order valence-electron chi connectivity index (χ2n) is 9.51. The summed E-state index contributed by atoms with van der Waals surface area (Å²) >= 11 is 1.13. The molecule has 1 heterocycles. The van der Waals surface area contributed by atoms with Crippen molar-refractivity contribution in [1.29, 1.82) is 0 Å². The molecule has 0 fully saturated rings. The van der Waals surface area contributed by atoms with Crippen molar-refractivity contribution in [3.63, 3.8) is 0 Å². The molecule has 0 bridgehead atoms. The molecule has 0 aliphatic rings. The van der Waals surface area contributed by atoms with Crippen LogP contribution in [0.25, 0.3) is 0 Å². The molecule has 0 saturated heterocycles. The van der Waals surface area contributed by atoms with Crippen molar-refractivity contribution in [3.05, 3.63) is 81.1 Å². The SMILES string of the molecule is CCCOc1ccc(C(O)C(=O)N(CCCc2ccccc2)Cc2nc(C(=O)NS(=O)(=O)N(C)C)c(C)s2)c(F)c1. The standard InChI is InChI=1S/C28H35FN4O6S2/c1-5-16-39-21-13-14-22(23(29)17-21)26(34)28(36)33(15-9-12-20-10-7-6-8-11-20)18-24-30-25(19(2)40-24)27(35)31-41(37,38)32(3)4/h6-8,10-11,13-14,17,26,34H,5,9,12,15-16,18H2,1-4H3,(H,31,35). The highest BCUT2D eigenvalue weighted by atomic mass is 32.2. The molecule has 3 aromatic rings. The summed E-state index contributed by atoms with van der Waals surface area (Å²) in [5.41, 5.74) is 0.804. The maximum absolute atomic E-state index is 14.9. The first-order chi connectivity index (χ1) is 19.4. The largest absolute Gasteiger partial charge is 0.494 e. The van der Waals surface area contributed by atoms with Crippen LogP contribution in [0.5, 0.6) is 5.75 Å². The van der Waals surface area contributed by atoms with Gasteiger partial charge >= 0.3 is 10.2 Å². The molecule has 41 heavy (non-hydrogen) atoms. The predicted molar refractivity (Wildman–Crippen MR) is 154 cm³/mol. The van der Waals surface area contributed by atoms with Gasteiger partial charge in [0.1, 0.15) is 22.3 Å². The van der Waals surface area contributed by atoms with Crippen LogP contribution in [0.1, 0.15) is 57.4 Å². The number of aliphatic hydroxyl groups is 1. The van der Waals surface area contributed by atoms with Crippen LogP contribution in [0, 0.1) is 12.7 Å². The smallest absolute Gasteiger partial charge is 0.303 e. The van der Waals surface area contributed by atoms with Crippen LogP contribution < -0.4 is 9.46 Å². The number of amides is 2. The first-order valence-corrected chi connectivity index (χ1v) is 15.3. The summed E-state index contributed by atoms with van der Waals surface area (Å²) in [5.74, 6) is -2.09. The Morgan fingerprint density at radius 1 is 1.17 bits per heavy atom. The van der Waals surface area contributed by atoms with Crippen molar-refractivity contribution in [3.8, 4) is 5.75 Å². The monoisotopic (exact) mass is 606 g/mol. The zero-order chi connectivity index (χ0) is 30.2. The maximum Gasteiger partial charge on any atom is 0.303 e. The Balaban J connectivity index is 1.82. The van der Waals surface area contributed by atoms with Gasteiger partial charge < -0.3 is 14.7 Å². The van der Waals surface area contributed by atoms with Gasteiger partial charge in [0.05, 0.1) is 13.2 Å². The predicted octanol–water partition coefficient (Wildman–Crippen LogP) is 3.61. The molecule has 13 heteroatoms. The molecule has 3 rings (SSSR count). The van der Waals surface area contributed by atoms with Crippen molar-refractivity contribution in [2.45, 2.75) is 45.8 Å². The summed E-state index contributed by atoms with van der Waals surface area (Å²) < 4.78 is 47.3. The lowest BCUT2D eigenvalue weighted by atomic mass is 10.1. The molecule has 0 radical (unpaired) electrons. The number of nitrogens with zero attached hydrogens (tertiary/aromatic N) is 3. The van der Waals surface area contributed by atoms with Crippen LogP contribution in [0.4, 0.5) is 4.39 Å². The summed E-state index contributed by atoms with van der Waals surface area (Å²) in [6.07, 6.45) is 0.174. The first kappa shape index (κ1) is 32.1. The molecule has 0 saturated carbocycles. The topological polar surface area (TPSA) is 129 Å². The summed E-state index contributed by atoms with van der Waals surface area (Å²) in [6.45, 7) is 4.10. The number of aliphatic hydroxyl groups excluding tert-OH is 1. The second kappa shape index (κ2) is 14.5. The number of thiazole rings is 1. The van der Waals surface area contributed by atoms with Crippen molar-refractivity contribution in [1.82, 2.24) is 18.9 Å². The molecule has 1 unspecified atom stereocenters. The fourth-order valence-electron chi connectivity index (χ4n) is 3.88. The average molecular weight is 607 g/mol. The molecular weight excluding hydrogens is 571 g/mol. The van der Waals surface area contributed by atoms with Crippen LogP contribution in [-0.4, -0.2) is 66.8 Å². The number of nitrogens with one attached hydrogen (secondary N) is 1. The van der Waals surface area contributed by atoms with E-state index in [4.69, 9.17) is 4.74 Å². The van der Waals surface area contributed by atoms with Gasteiger partial charge in [0.25, 0.3) is 11.8 Å². The fourth-order valence-corrected chi connectivity index (χ4v) is 5.34. The third kappa shape index (κ3) is 8.80. The van der Waals surface area contributed by atoms with E-state index in [0.29, 0.717) is 35.1 Å². The van der Waals surface area contributed by atoms with Gasteiger partial charge in [0.2, 0.25) is 0 Å². The lowest BCUT2D eigenvalue weighted by molar-refractivity contribution is -0.141. The highest BCUT2D eigenvalue weighted by Crippen LogP contribution is 2.26. The van der Waals surface area contributed by atoms with E-state index in [9.17, 15) is 27.5 Å². The van der Waals surface area contributed by atoms with E-state index in [-0.39, 0.29) is 24.3 Å². The summed E-state index contributed by atoms with van der Waals surface area (Å²) in [7, 11) is -1.45. The molecule has 2 aromatic carbocycles. The highest BCUT2D eigenvalue weighted by molar-refractivity contribution is 7.87. The van der Waals surface area contributed by atoms with Crippen molar-refractivity contribution < 1.29 is 32.2 Å². The number of ether oxygens (including phenoxy) is 1. The quantitative estimate of drug-likeness (QED) is 0.287. The Bertz CT molecular complexity index is 1450. The average Bonchev–Trinajstić information content (AvgIpc) is 3.30. The number of carbonyl (C=O) groups is 2. The minimum atomic E-state index is -4.03.